The zero-order valence-electron chi connectivity index (χ0n) is 29.0. The zero-order chi connectivity index (χ0) is 35.6. The van der Waals surface area contributed by atoms with Crippen molar-refractivity contribution in [2.24, 2.45) is 0 Å². The predicted octanol–water partition coefficient (Wildman–Crippen LogP) is 13.2. The molecule has 0 saturated carbocycles. The number of aromatic nitrogens is 4. The number of benzene rings is 8. The maximum Gasteiger partial charge on any atom is 0.165 e. The summed E-state index contributed by atoms with van der Waals surface area (Å²) < 4.78 is 4.79. The molecule has 0 saturated heterocycles. The lowest BCUT2D eigenvalue weighted by molar-refractivity contribution is 1.07. The molecule has 3 aromatic heterocycles. The SMILES string of the molecule is c1ccc(-c2ccc(-c3nc(-c4cccc(-n5c6ccccc6c6cc7ccccc7cc65)c4)nc(-c4cccc5c4sc4ccccc45)n3)cc2)cc1. The summed E-state index contributed by atoms with van der Waals surface area (Å²) in [4.78, 5) is 15.6. The Morgan fingerprint density at radius 2 is 0.981 bits per heavy atom. The first kappa shape index (κ1) is 30.7. The number of fused-ring (bicyclic) bond motifs is 7. The summed E-state index contributed by atoms with van der Waals surface area (Å²) in [7, 11) is 0. The smallest absolute Gasteiger partial charge is 0.165 e. The van der Waals surface area contributed by atoms with E-state index in [1.54, 1.807) is 11.3 Å². The van der Waals surface area contributed by atoms with Crippen LogP contribution in [0.2, 0.25) is 0 Å². The molecule has 0 spiro atoms. The van der Waals surface area contributed by atoms with E-state index < -0.39 is 0 Å². The lowest BCUT2D eigenvalue weighted by atomic mass is 10.0. The highest BCUT2D eigenvalue weighted by atomic mass is 32.1. The first-order valence-electron chi connectivity index (χ1n) is 18.1. The van der Waals surface area contributed by atoms with Gasteiger partial charge in [-0.25, -0.2) is 15.0 Å². The van der Waals surface area contributed by atoms with Crippen molar-refractivity contribution < 1.29 is 0 Å². The van der Waals surface area contributed by atoms with Crippen molar-refractivity contribution in [3.8, 4) is 51.0 Å². The molecule has 252 valence electrons. The van der Waals surface area contributed by atoms with Crippen molar-refractivity contribution in [1.29, 1.82) is 0 Å². The maximum atomic E-state index is 5.25. The van der Waals surface area contributed by atoms with Gasteiger partial charge in [0.05, 0.1) is 11.0 Å². The highest BCUT2D eigenvalue weighted by Crippen LogP contribution is 2.40. The largest absolute Gasteiger partial charge is 0.309 e. The van der Waals surface area contributed by atoms with Crippen LogP contribution in [0, 0.1) is 0 Å². The number of hydrogen-bond acceptors (Lipinski definition) is 4. The van der Waals surface area contributed by atoms with Crippen molar-refractivity contribution in [2.75, 3.05) is 0 Å². The summed E-state index contributed by atoms with van der Waals surface area (Å²) in [6.07, 6.45) is 0. The fourth-order valence-electron chi connectivity index (χ4n) is 7.84. The van der Waals surface area contributed by atoms with Crippen LogP contribution in [0.5, 0.6) is 0 Å². The molecule has 0 aliphatic heterocycles. The Bertz CT molecular complexity index is 3210. The lowest BCUT2D eigenvalue weighted by Crippen LogP contribution is -2.01. The van der Waals surface area contributed by atoms with Gasteiger partial charge in [-0.05, 0) is 64.4 Å². The van der Waals surface area contributed by atoms with Crippen LogP contribution in [0.1, 0.15) is 0 Å². The van der Waals surface area contributed by atoms with Gasteiger partial charge in [-0.3, -0.25) is 0 Å². The summed E-state index contributed by atoms with van der Waals surface area (Å²) in [5, 5.41) is 7.36. The number of hydrogen-bond donors (Lipinski definition) is 0. The Labute approximate surface area is 315 Å². The first-order valence-corrected chi connectivity index (χ1v) is 18.9. The highest BCUT2D eigenvalue weighted by molar-refractivity contribution is 7.26. The van der Waals surface area contributed by atoms with Crippen molar-refractivity contribution >= 4 is 64.1 Å². The molecule has 11 aromatic rings. The minimum Gasteiger partial charge on any atom is -0.309 e. The van der Waals surface area contributed by atoms with Crippen molar-refractivity contribution in [1.82, 2.24) is 19.5 Å². The molecular formula is C49H30N4S. The lowest BCUT2D eigenvalue weighted by Gasteiger charge is -2.12. The summed E-state index contributed by atoms with van der Waals surface area (Å²) >= 11 is 1.79. The predicted molar refractivity (Wildman–Crippen MR) is 226 cm³/mol. The van der Waals surface area contributed by atoms with Gasteiger partial charge in [-0.15, -0.1) is 11.3 Å². The fraction of sp³-hybridized carbons (Fsp3) is 0. The van der Waals surface area contributed by atoms with E-state index in [1.165, 1.54) is 52.8 Å². The van der Waals surface area contributed by atoms with Crippen LogP contribution < -0.4 is 0 Å². The van der Waals surface area contributed by atoms with Gasteiger partial charge in [-0.2, -0.15) is 0 Å². The Kier molecular flexibility index (Phi) is 7.00. The average Bonchev–Trinajstić information content (AvgIpc) is 3.78. The quantitative estimate of drug-likeness (QED) is 0.179. The molecule has 0 radical (unpaired) electrons. The van der Waals surface area contributed by atoms with E-state index in [1.807, 2.05) is 6.07 Å². The Hall–Kier alpha value is -6.95. The van der Waals surface area contributed by atoms with Crippen LogP contribution in [0.4, 0.5) is 0 Å². The van der Waals surface area contributed by atoms with E-state index in [0.29, 0.717) is 17.5 Å². The molecule has 0 fully saturated rings. The number of thiophene rings is 1. The van der Waals surface area contributed by atoms with Crippen molar-refractivity contribution in [3.63, 3.8) is 0 Å². The van der Waals surface area contributed by atoms with Crippen molar-refractivity contribution in [3.05, 3.63) is 182 Å². The van der Waals surface area contributed by atoms with Gasteiger partial charge >= 0.3 is 0 Å². The molecular weight excluding hydrogens is 677 g/mol. The first-order chi connectivity index (χ1) is 26.7. The van der Waals surface area contributed by atoms with Crippen molar-refractivity contribution in [2.45, 2.75) is 0 Å². The third-order valence-electron chi connectivity index (χ3n) is 10.4. The van der Waals surface area contributed by atoms with E-state index in [4.69, 9.17) is 15.0 Å². The summed E-state index contributed by atoms with van der Waals surface area (Å²) in [5.41, 5.74) is 8.57. The second-order valence-electron chi connectivity index (χ2n) is 13.6. The summed E-state index contributed by atoms with van der Waals surface area (Å²) in [6.45, 7) is 0. The minimum absolute atomic E-state index is 0.633. The summed E-state index contributed by atoms with van der Waals surface area (Å²) in [5.74, 6) is 1.93. The van der Waals surface area contributed by atoms with Gasteiger partial charge in [0.15, 0.2) is 17.5 Å². The maximum absolute atomic E-state index is 5.25. The number of nitrogens with zero attached hydrogens (tertiary/aromatic N) is 4. The fourth-order valence-corrected chi connectivity index (χ4v) is 9.05. The Morgan fingerprint density at radius 3 is 1.83 bits per heavy atom. The molecule has 0 unspecified atom stereocenters. The van der Waals surface area contributed by atoms with Gasteiger partial charge in [0.25, 0.3) is 0 Å². The van der Waals surface area contributed by atoms with E-state index in [9.17, 15) is 0 Å². The molecule has 0 bridgehead atoms. The second kappa shape index (κ2) is 12.3. The molecule has 8 aromatic carbocycles. The molecule has 11 rings (SSSR count). The van der Waals surface area contributed by atoms with Crippen LogP contribution in [0.25, 0.3) is 104 Å². The average molecular weight is 707 g/mol. The number of para-hydroxylation sites is 1. The second-order valence-corrected chi connectivity index (χ2v) is 14.7. The van der Waals surface area contributed by atoms with Gasteiger partial charge in [0.2, 0.25) is 0 Å². The molecule has 0 atom stereocenters. The minimum atomic E-state index is 0.633. The van der Waals surface area contributed by atoms with Crippen LogP contribution in [-0.2, 0) is 0 Å². The standard InChI is InChI=1S/C49H30N4S/c1-2-12-31(13-3-1)32-24-26-33(27-25-32)47-50-48(52-49(51-47)41-21-11-20-40-39-19-7-9-23-45(39)54-46(40)41)36-16-10-17-37(28-36)53-43-22-8-6-18-38(43)42-29-34-14-4-5-15-35(34)30-44(42)53/h1-30H. The van der Waals surface area contributed by atoms with Crippen LogP contribution in [0.3, 0.4) is 0 Å². The van der Waals surface area contributed by atoms with E-state index in [0.717, 1.165) is 33.5 Å². The zero-order valence-corrected chi connectivity index (χ0v) is 29.8. The monoisotopic (exact) mass is 706 g/mol. The van der Waals surface area contributed by atoms with Gasteiger partial charge in [-0.1, -0.05) is 140 Å². The van der Waals surface area contributed by atoms with E-state index >= 15 is 0 Å². The van der Waals surface area contributed by atoms with E-state index in [2.05, 4.69) is 180 Å². The molecule has 0 amide bonds. The molecule has 0 aliphatic rings. The Morgan fingerprint density at radius 1 is 0.370 bits per heavy atom. The van der Waals surface area contributed by atoms with Gasteiger partial charge in [0, 0.05) is 53.3 Å². The van der Waals surface area contributed by atoms with Crippen LogP contribution in [-0.4, -0.2) is 19.5 Å². The van der Waals surface area contributed by atoms with Crippen LogP contribution >= 0.6 is 11.3 Å². The molecule has 0 N–H and O–H groups in total. The molecule has 54 heavy (non-hydrogen) atoms. The van der Waals surface area contributed by atoms with E-state index in [-0.39, 0.29) is 0 Å². The molecule has 0 aliphatic carbocycles. The highest BCUT2D eigenvalue weighted by Gasteiger charge is 2.18. The van der Waals surface area contributed by atoms with Gasteiger partial charge in [0.1, 0.15) is 0 Å². The Balaban J connectivity index is 1.11. The number of rotatable bonds is 5. The molecule has 5 heteroatoms. The third-order valence-corrected chi connectivity index (χ3v) is 11.7. The van der Waals surface area contributed by atoms with Crippen LogP contribution in [0.15, 0.2) is 182 Å². The normalized spacial score (nSPS) is 11.7. The topological polar surface area (TPSA) is 43.6 Å². The third kappa shape index (κ3) is 5.01. The summed E-state index contributed by atoms with van der Waals surface area (Å²) in [6, 6.07) is 64.4. The molecule has 4 nitrogen and oxygen atoms in total. The van der Waals surface area contributed by atoms with Gasteiger partial charge < -0.3 is 4.57 Å². The molecule has 3 heterocycles.